The average Bonchev–Trinajstić information content (AvgIpc) is 2.74. The molecule has 0 spiro atoms. The molecule has 0 aliphatic heterocycles. The molecule has 0 saturated heterocycles. The summed E-state index contributed by atoms with van der Waals surface area (Å²) in [5.41, 5.74) is 1.92. The molecule has 0 aliphatic carbocycles. The molecule has 0 aromatic heterocycles. The number of rotatable bonds is 12. The second-order valence-corrected chi connectivity index (χ2v) is 7.73. The van der Waals surface area contributed by atoms with Crippen molar-refractivity contribution >= 4 is 17.6 Å². The Morgan fingerprint density at radius 2 is 1.90 bits per heavy atom. The zero-order chi connectivity index (χ0) is 21.7. The van der Waals surface area contributed by atoms with E-state index in [2.05, 4.69) is 29.8 Å². The molecule has 1 aromatic rings. The number of nitrogens with zero attached hydrogens (tertiary/aromatic N) is 1. The highest BCUT2D eigenvalue weighted by Crippen LogP contribution is 2.29. The molecule has 1 rings (SSSR count). The van der Waals surface area contributed by atoms with Crippen LogP contribution in [0.1, 0.15) is 65.9 Å². The average molecular weight is 405 g/mol. The number of guanidine groups is 1. The molecule has 0 aliphatic rings. The Morgan fingerprint density at radius 3 is 2.48 bits per heavy atom. The Hall–Kier alpha value is -2.08. The van der Waals surface area contributed by atoms with Gasteiger partial charge in [0.05, 0.1) is 6.54 Å². The number of nitrogens with one attached hydrogen (secondary N) is 3. The van der Waals surface area contributed by atoms with Gasteiger partial charge < -0.3 is 21.1 Å². The fourth-order valence-electron chi connectivity index (χ4n) is 3.16. The summed E-state index contributed by atoms with van der Waals surface area (Å²) >= 11 is 0. The number of hydrogen-bond donors (Lipinski definition) is 4. The van der Waals surface area contributed by atoms with Crippen molar-refractivity contribution in [2.75, 3.05) is 25.0 Å². The molecule has 0 heterocycles. The highest BCUT2D eigenvalue weighted by Gasteiger charge is 2.25. The number of anilines is 1. The van der Waals surface area contributed by atoms with Crippen LogP contribution in [0.4, 0.5) is 5.69 Å². The minimum atomic E-state index is -0.00227. The molecule has 1 atom stereocenters. The number of carbonyl (C=O) groups is 1. The van der Waals surface area contributed by atoms with Crippen molar-refractivity contribution in [3.8, 4) is 0 Å². The molecule has 0 saturated carbocycles. The van der Waals surface area contributed by atoms with Gasteiger partial charge in [-0.2, -0.15) is 0 Å². The molecule has 164 valence electrons. The fourth-order valence-corrected chi connectivity index (χ4v) is 3.16. The van der Waals surface area contributed by atoms with E-state index in [1.165, 1.54) is 0 Å². The van der Waals surface area contributed by atoms with Crippen LogP contribution in [0.5, 0.6) is 0 Å². The standard InChI is InChI=1S/C23H40N4O2/c1-6-18(5)21(29)27-20-12-10-11-19(15-20)16-25-22(24-9-4)26-17-23(7-2,8-3)13-14-28/h10-12,15,18,28H,6-9,13-14,16-17H2,1-5H3,(H,27,29)(H2,24,25,26). The lowest BCUT2D eigenvalue weighted by molar-refractivity contribution is -0.119. The van der Waals surface area contributed by atoms with E-state index in [0.717, 1.165) is 56.0 Å². The van der Waals surface area contributed by atoms with E-state index in [-0.39, 0.29) is 23.8 Å². The van der Waals surface area contributed by atoms with Crippen LogP contribution in [-0.4, -0.2) is 36.7 Å². The Kier molecular flexibility index (Phi) is 11.4. The first-order valence-electron chi connectivity index (χ1n) is 11.0. The third kappa shape index (κ3) is 8.44. The van der Waals surface area contributed by atoms with Crippen LogP contribution in [0, 0.1) is 11.3 Å². The number of amides is 1. The molecule has 1 unspecified atom stereocenters. The molecule has 0 bridgehead atoms. The van der Waals surface area contributed by atoms with Gasteiger partial charge in [0, 0.05) is 31.3 Å². The summed E-state index contributed by atoms with van der Waals surface area (Å²) in [7, 11) is 0. The Morgan fingerprint density at radius 1 is 1.17 bits per heavy atom. The van der Waals surface area contributed by atoms with Crippen molar-refractivity contribution in [1.82, 2.24) is 10.6 Å². The Labute approximate surface area is 176 Å². The molecule has 0 fully saturated rings. The molecular weight excluding hydrogens is 364 g/mol. The largest absolute Gasteiger partial charge is 0.396 e. The first-order chi connectivity index (χ1) is 13.9. The second-order valence-electron chi connectivity index (χ2n) is 7.73. The lowest BCUT2D eigenvalue weighted by Gasteiger charge is -2.32. The summed E-state index contributed by atoms with van der Waals surface area (Å²) in [6, 6.07) is 7.84. The third-order valence-electron chi connectivity index (χ3n) is 5.79. The van der Waals surface area contributed by atoms with Crippen LogP contribution in [0.3, 0.4) is 0 Å². The molecule has 29 heavy (non-hydrogen) atoms. The van der Waals surface area contributed by atoms with Gasteiger partial charge in [0.2, 0.25) is 5.91 Å². The quantitative estimate of drug-likeness (QED) is 0.314. The van der Waals surface area contributed by atoms with Crippen molar-refractivity contribution < 1.29 is 9.90 Å². The maximum Gasteiger partial charge on any atom is 0.227 e. The van der Waals surface area contributed by atoms with Crippen molar-refractivity contribution in [2.45, 2.75) is 66.8 Å². The number of aliphatic hydroxyl groups excluding tert-OH is 1. The van der Waals surface area contributed by atoms with Crippen molar-refractivity contribution in [3.05, 3.63) is 29.8 Å². The summed E-state index contributed by atoms with van der Waals surface area (Å²) < 4.78 is 0. The molecule has 4 N–H and O–H groups in total. The van der Waals surface area contributed by atoms with Gasteiger partial charge >= 0.3 is 0 Å². The highest BCUT2D eigenvalue weighted by atomic mass is 16.3. The van der Waals surface area contributed by atoms with Gasteiger partial charge in [0.25, 0.3) is 0 Å². The van der Waals surface area contributed by atoms with Gasteiger partial charge in [0.15, 0.2) is 5.96 Å². The first kappa shape index (κ1) is 25.0. The van der Waals surface area contributed by atoms with E-state index >= 15 is 0 Å². The highest BCUT2D eigenvalue weighted by molar-refractivity contribution is 5.92. The van der Waals surface area contributed by atoms with Crippen LogP contribution >= 0.6 is 0 Å². The minimum absolute atomic E-state index is 0.00227. The van der Waals surface area contributed by atoms with Gasteiger partial charge in [-0.3, -0.25) is 4.79 Å². The van der Waals surface area contributed by atoms with Gasteiger partial charge in [-0.05, 0) is 55.7 Å². The van der Waals surface area contributed by atoms with Crippen molar-refractivity contribution in [3.63, 3.8) is 0 Å². The molecule has 6 nitrogen and oxygen atoms in total. The van der Waals surface area contributed by atoms with Crippen molar-refractivity contribution in [2.24, 2.45) is 16.3 Å². The number of carbonyl (C=O) groups excluding carboxylic acids is 1. The summed E-state index contributed by atoms with van der Waals surface area (Å²) in [5, 5.41) is 19.1. The summed E-state index contributed by atoms with van der Waals surface area (Å²) in [4.78, 5) is 16.8. The van der Waals surface area contributed by atoms with E-state index in [4.69, 9.17) is 4.99 Å². The van der Waals surface area contributed by atoms with Gasteiger partial charge in [0.1, 0.15) is 0 Å². The zero-order valence-corrected chi connectivity index (χ0v) is 18.8. The van der Waals surface area contributed by atoms with Gasteiger partial charge in [-0.1, -0.05) is 39.8 Å². The molecule has 1 amide bonds. The van der Waals surface area contributed by atoms with E-state index < -0.39 is 0 Å². The predicted molar refractivity (Wildman–Crippen MR) is 122 cm³/mol. The lowest BCUT2D eigenvalue weighted by atomic mass is 9.79. The van der Waals surface area contributed by atoms with E-state index in [1.54, 1.807) is 0 Å². The minimum Gasteiger partial charge on any atom is -0.396 e. The van der Waals surface area contributed by atoms with Crippen LogP contribution in [0.2, 0.25) is 0 Å². The number of hydrogen-bond acceptors (Lipinski definition) is 3. The van der Waals surface area contributed by atoms with Crippen molar-refractivity contribution in [1.29, 1.82) is 0 Å². The van der Waals surface area contributed by atoms with Gasteiger partial charge in [-0.25, -0.2) is 4.99 Å². The molecule has 1 aromatic carbocycles. The normalized spacial score (nSPS) is 13.1. The Bertz CT molecular complexity index is 642. The lowest BCUT2D eigenvalue weighted by Crippen LogP contribution is -2.43. The second kappa shape index (κ2) is 13.2. The number of aliphatic imine (C=N–C) groups is 1. The number of aliphatic hydroxyl groups is 1. The molecular formula is C23H40N4O2. The molecule has 0 radical (unpaired) electrons. The van der Waals surface area contributed by atoms with E-state index in [0.29, 0.717) is 6.54 Å². The summed E-state index contributed by atoms with van der Waals surface area (Å²) in [5.74, 6) is 0.811. The fraction of sp³-hybridized carbons (Fsp3) is 0.652. The Balaban J connectivity index is 2.80. The topological polar surface area (TPSA) is 85.8 Å². The summed E-state index contributed by atoms with van der Waals surface area (Å²) in [6.07, 6.45) is 3.62. The van der Waals surface area contributed by atoms with Gasteiger partial charge in [-0.15, -0.1) is 0 Å². The SMILES string of the molecule is CCNC(=NCc1cccc(NC(=O)C(C)CC)c1)NCC(CC)(CC)CCO. The van der Waals surface area contributed by atoms with E-state index in [9.17, 15) is 9.90 Å². The van der Waals surface area contributed by atoms with E-state index in [1.807, 2.05) is 45.0 Å². The zero-order valence-electron chi connectivity index (χ0n) is 18.8. The summed E-state index contributed by atoms with van der Waals surface area (Å²) in [6.45, 7) is 12.6. The monoisotopic (exact) mass is 404 g/mol. The third-order valence-corrected chi connectivity index (χ3v) is 5.79. The first-order valence-corrected chi connectivity index (χ1v) is 11.0. The maximum absolute atomic E-state index is 12.1. The number of benzene rings is 1. The smallest absolute Gasteiger partial charge is 0.227 e. The predicted octanol–water partition coefficient (Wildman–Crippen LogP) is 3.92. The van der Waals surface area contributed by atoms with Crippen LogP contribution < -0.4 is 16.0 Å². The van der Waals surface area contributed by atoms with Crippen LogP contribution in [0.25, 0.3) is 0 Å². The van der Waals surface area contributed by atoms with Crippen LogP contribution in [0.15, 0.2) is 29.3 Å². The maximum atomic E-state index is 12.1. The van der Waals surface area contributed by atoms with Crippen LogP contribution in [-0.2, 0) is 11.3 Å². The molecule has 6 heteroatoms.